The van der Waals surface area contributed by atoms with Gasteiger partial charge in [-0.1, -0.05) is 18.2 Å². The molecule has 0 heterocycles. The molecule has 25 heavy (non-hydrogen) atoms. The van der Waals surface area contributed by atoms with E-state index in [2.05, 4.69) is 15.6 Å². The maximum Gasteiger partial charge on any atom is 0.213 e. The van der Waals surface area contributed by atoms with E-state index in [1.807, 2.05) is 31.2 Å². The monoisotopic (exact) mass is 370 g/mol. The Kier molecular flexibility index (Phi) is 9.30. The number of hydrogen-bond donors (Lipinski definition) is 2. The van der Waals surface area contributed by atoms with Crippen molar-refractivity contribution in [2.24, 2.45) is 4.99 Å². The van der Waals surface area contributed by atoms with Crippen LogP contribution < -0.4 is 15.4 Å². The van der Waals surface area contributed by atoms with Crippen molar-refractivity contribution in [3.8, 4) is 5.75 Å². The molecule has 0 bridgehead atoms. The van der Waals surface area contributed by atoms with Crippen molar-refractivity contribution in [1.82, 2.24) is 14.9 Å². The summed E-state index contributed by atoms with van der Waals surface area (Å²) in [6.07, 6.45) is 0.703. The van der Waals surface area contributed by atoms with Gasteiger partial charge in [-0.15, -0.1) is 0 Å². The molecule has 0 aromatic heterocycles. The highest BCUT2D eigenvalue weighted by Crippen LogP contribution is 2.17. The summed E-state index contributed by atoms with van der Waals surface area (Å²) in [5.41, 5.74) is 1.01. The molecule has 142 valence electrons. The maximum absolute atomic E-state index is 11.7. The van der Waals surface area contributed by atoms with Gasteiger partial charge in [0.15, 0.2) is 5.96 Å². The maximum atomic E-state index is 11.7. The van der Waals surface area contributed by atoms with Crippen LogP contribution in [0.15, 0.2) is 29.3 Å². The zero-order valence-electron chi connectivity index (χ0n) is 15.6. The molecule has 0 unspecified atom stereocenters. The summed E-state index contributed by atoms with van der Waals surface area (Å²) in [4.78, 5) is 4.56. The largest absolute Gasteiger partial charge is 0.496 e. The minimum Gasteiger partial charge on any atom is -0.496 e. The van der Waals surface area contributed by atoms with Gasteiger partial charge in [-0.3, -0.25) is 0 Å². The molecule has 2 N–H and O–H groups in total. The Bertz CT molecular complexity index is 647. The Morgan fingerprint density at radius 2 is 1.96 bits per heavy atom. The molecule has 0 atom stereocenters. The van der Waals surface area contributed by atoms with Crippen LogP contribution in [0.1, 0.15) is 25.8 Å². The Hall–Kier alpha value is -1.80. The second-order valence-corrected chi connectivity index (χ2v) is 7.87. The van der Waals surface area contributed by atoms with E-state index in [4.69, 9.17) is 4.74 Å². The molecule has 0 aliphatic rings. The SMILES string of the molecule is CCNC(=NCc1ccccc1OC)NCCCN(C)S(=O)(=O)CC. The number of methoxy groups -OCH3 is 1. The summed E-state index contributed by atoms with van der Waals surface area (Å²) in [6, 6.07) is 7.78. The summed E-state index contributed by atoms with van der Waals surface area (Å²) < 4.78 is 30.1. The zero-order valence-corrected chi connectivity index (χ0v) is 16.4. The van der Waals surface area contributed by atoms with E-state index in [1.54, 1.807) is 21.1 Å². The normalized spacial score (nSPS) is 12.3. The van der Waals surface area contributed by atoms with Gasteiger partial charge >= 0.3 is 0 Å². The quantitative estimate of drug-likeness (QED) is 0.370. The van der Waals surface area contributed by atoms with Gasteiger partial charge in [-0.25, -0.2) is 17.7 Å². The van der Waals surface area contributed by atoms with Crippen molar-refractivity contribution in [2.75, 3.05) is 39.5 Å². The molecule has 8 heteroatoms. The van der Waals surface area contributed by atoms with Gasteiger partial charge in [-0.05, 0) is 26.3 Å². The second kappa shape index (κ2) is 10.9. The van der Waals surface area contributed by atoms with Crippen molar-refractivity contribution in [3.63, 3.8) is 0 Å². The molecule has 0 fully saturated rings. The zero-order chi connectivity index (χ0) is 18.7. The molecule has 7 nitrogen and oxygen atoms in total. The predicted molar refractivity (Wildman–Crippen MR) is 103 cm³/mol. The standard InChI is InChI=1S/C17H30N4O3S/c1-5-18-17(19-12-9-13-21(3)25(22,23)6-2)20-14-15-10-7-8-11-16(15)24-4/h7-8,10-11H,5-6,9,12-14H2,1-4H3,(H2,18,19,20). The molecule has 0 spiro atoms. The second-order valence-electron chi connectivity index (χ2n) is 5.51. The van der Waals surface area contributed by atoms with E-state index in [0.29, 0.717) is 32.0 Å². The van der Waals surface area contributed by atoms with Gasteiger partial charge in [0.1, 0.15) is 5.75 Å². The summed E-state index contributed by atoms with van der Waals surface area (Å²) in [7, 11) is 0.139. The van der Waals surface area contributed by atoms with Crippen molar-refractivity contribution in [3.05, 3.63) is 29.8 Å². The Morgan fingerprint density at radius 1 is 1.24 bits per heavy atom. The number of nitrogens with zero attached hydrogens (tertiary/aromatic N) is 2. The number of aliphatic imine (C=N–C) groups is 1. The fourth-order valence-corrected chi connectivity index (χ4v) is 3.06. The fraction of sp³-hybridized carbons (Fsp3) is 0.588. The Labute approximate surface area is 151 Å². The van der Waals surface area contributed by atoms with Crippen LogP contribution >= 0.6 is 0 Å². The molecule has 0 radical (unpaired) electrons. The molecule has 0 aliphatic carbocycles. The minimum atomic E-state index is -3.12. The lowest BCUT2D eigenvalue weighted by molar-refractivity contribution is 0.410. The third-order valence-electron chi connectivity index (χ3n) is 3.73. The smallest absolute Gasteiger partial charge is 0.213 e. The van der Waals surface area contributed by atoms with Crippen molar-refractivity contribution < 1.29 is 13.2 Å². The highest BCUT2D eigenvalue weighted by molar-refractivity contribution is 7.89. The van der Waals surface area contributed by atoms with Crippen molar-refractivity contribution >= 4 is 16.0 Å². The van der Waals surface area contributed by atoms with Gasteiger partial charge in [-0.2, -0.15) is 0 Å². The first-order valence-electron chi connectivity index (χ1n) is 8.52. The first kappa shape index (κ1) is 21.2. The first-order chi connectivity index (χ1) is 11.9. The number of nitrogens with one attached hydrogen (secondary N) is 2. The summed E-state index contributed by atoms with van der Waals surface area (Å²) in [6.45, 7) is 6.03. The van der Waals surface area contributed by atoms with Crippen LogP contribution in [0.5, 0.6) is 5.75 Å². The third kappa shape index (κ3) is 7.31. The number of rotatable bonds is 10. The van der Waals surface area contributed by atoms with E-state index >= 15 is 0 Å². The van der Waals surface area contributed by atoms with E-state index in [-0.39, 0.29) is 5.75 Å². The van der Waals surface area contributed by atoms with Gasteiger partial charge < -0.3 is 15.4 Å². The summed E-state index contributed by atoms with van der Waals surface area (Å²) in [5.74, 6) is 1.64. The fourth-order valence-electron chi connectivity index (χ4n) is 2.21. The molecule has 1 aromatic carbocycles. The summed E-state index contributed by atoms with van der Waals surface area (Å²) >= 11 is 0. The molecule has 1 rings (SSSR count). The number of sulfonamides is 1. The lowest BCUT2D eigenvalue weighted by Crippen LogP contribution is -2.39. The number of para-hydroxylation sites is 1. The minimum absolute atomic E-state index is 0.125. The lowest BCUT2D eigenvalue weighted by atomic mass is 10.2. The van der Waals surface area contributed by atoms with Crippen molar-refractivity contribution in [1.29, 1.82) is 0 Å². The van der Waals surface area contributed by atoms with Crippen LogP contribution in [-0.2, 0) is 16.6 Å². The Morgan fingerprint density at radius 3 is 2.60 bits per heavy atom. The van der Waals surface area contributed by atoms with Crippen LogP contribution in [0, 0.1) is 0 Å². The van der Waals surface area contributed by atoms with Crippen LogP contribution in [0.3, 0.4) is 0 Å². The lowest BCUT2D eigenvalue weighted by Gasteiger charge is -2.17. The van der Waals surface area contributed by atoms with Gasteiger partial charge in [0.2, 0.25) is 10.0 Å². The Balaban J connectivity index is 2.54. The molecule has 1 aromatic rings. The average Bonchev–Trinajstić information content (AvgIpc) is 2.62. The molecular weight excluding hydrogens is 340 g/mol. The highest BCUT2D eigenvalue weighted by Gasteiger charge is 2.13. The average molecular weight is 371 g/mol. The summed E-state index contributed by atoms with van der Waals surface area (Å²) in [5, 5.41) is 6.42. The van der Waals surface area contributed by atoms with Crippen LogP contribution in [-0.4, -0.2) is 58.2 Å². The van der Waals surface area contributed by atoms with Crippen LogP contribution in [0.4, 0.5) is 0 Å². The number of ether oxygens (including phenoxy) is 1. The first-order valence-corrected chi connectivity index (χ1v) is 10.1. The third-order valence-corrected chi connectivity index (χ3v) is 5.59. The van der Waals surface area contributed by atoms with Crippen molar-refractivity contribution in [2.45, 2.75) is 26.8 Å². The van der Waals surface area contributed by atoms with E-state index in [9.17, 15) is 8.42 Å². The molecule has 0 aliphatic heterocycles. The van der Waals surface area contributed by atoms with Crippen LogP contribution in [0.2, 0.25) is 0 Å². The van der Waals surface area contributed by atoms with E-state index < -0.39 is 10.0 Å². The predicted octanol–water partition coefficient (Wildman–Crippen LogP) is 1.42. The highest BCUT2D eigenvalue weighted by atomic mass is 32.2. The topological polar surface area (TPSA) is 83.0 Å². The molecule has 0 saturated carbocycles. The molecule has 0 amide bonds. The molecule has 0 saturated heterocycles. The van der Waals surface area contributed by atoms with E-state index in [0.717, 1.165) is 17.9 Å². The number of guanidine groups is 1. The number of hydrogen-bond acceptors (Lipinski definition) is 4. The van der Waals surface area contributed by atoms with Crippen LogP contribution in [0.25, 0.3) is 0 Å². The van der Waals surface area contributed by atoms with Gasteiger partial charge in [0.05, 0.1) is 19.4 Å². The molecular formula is C17H30N4O3S. The van der Waals surface area contributed by atoms with Gasteiger partial charge in [0, 0.05) is 32.2 Å². The van der Waals surface area contributed by atoms with Gasteiger partial charge in [0.25, 0.3) is 0 Å². The van der Waals surface area contributed by atoms with E-state index in [1.165, 1.54) is 4.31 Å². The number of benzene rings is 1.